The van der Waals surface area contributed by atoms with E-state index in [9.17, 15) is 37.1 Å². The number of aliphatic carboxylic acids is 4. The number of nitrogens with zero attached hydrogens (tertiary/aromatic N) is 3. The van der Waals surface area contributed by atoms with Crippen molar-refractivity contribution in [2.45, 2.75) is 12.6 Å². The minimum atomic E-state index is -1.26. The number of carboxylic acid groups (broad SMARTS) is 4. The van der Waals surface area contributed by atoms with E-state index in [0.717, 1.165) is 37.3 Å². The fourth-order valence-electron chi connectivity index (χ4n) is 4.83. The molecule has 0 atom stereocenters. The molecule has 2 heterocycles. The third kappa shape index (κ3) is 13.5. The van der Waals surface area contributed by atoms with Crippen LogP contribution in [0.4, 0.5) is 13.2 Å². The second kappa shape index (κ2) is 19.7. The van der Waals surface area contributed by atoms with Crippen LogP contribution in [-0.2, 0) is 25.7 Å². The first-order valence-corrected chi connectivity index (χ1v) is 15.2. The average molecular weight is 724 g/mol. The van der Waals surface area contributed by atoms with Gasteiger partial charge in [0.2, 0.25) is 5.78 Å². The quantitative estimate of drug-likeness (QED) is 0.123. The Labute approximate surface area is 294 Å². The molecule has 0 saturated carbocycles. The van der Waals surface area contributed by atoms with E-state index in [4.69, 9.17) is 24.9 Å². The molecule has 0 spiro atoms. The maximum atomic E-state index is 13.6. The summed E-state index contributed by atoms with van der Waals surface area (Å²) in [5.74, 6) is -5.79. The number of carbonyl (C=O) groups is 5. The molecule has 0 bridgehead atoms. The van der Waals surface area contributed by atoms with Crippen molar-refractivity contribution in [1.29, 1.82) is 0 Å². The Bertz CT molecular complexity index is 1770. The molecule has 13 nitrogen and oxygen atoms in total. The van der Waals surface area contributed by atoms with Crippen LogP contribution in [0.25, 0.3) is 0 Å². The molecule has 1 aliphatic heterocycles. The van der Waals surface area contributed by atoms with Crippen molar-refractivity contribution in [1.82, 2.24) is 15.0 Å². The number of carbonyl (C=O) groups excluding carboxylic acids is 1. The lowest BCUT2D eigenvalue weighted by Gasteiger charge is -2.39. The molecular formula is C36H32F3N3O10. The van der Waals surface area contributed by atoms with Gasteiger partial charge in [-0.2, -0.15) is 0 Å². The molecule has 5 rings (SSSR count). The highest BCUT2D eigenvalue weighted by Crippen LogP contribution is 2.30. The number of piperazine rings is 1. The van der Waals surface area contributed by atoms with Crippen molar-refractivity contribution in [3.63, 3.8) is 0 Å². The van der Waals surface area contributed by atoms with E-state index in [0.29, 0.717) is 42.2 Å². The van der Waals surface area contributed by atoms with Gasteiger partial charge in [0.1, 0.15) is 17.5 Å². The summed E-state index contributed by atoms with van der Waals surface area (Å²) in [7, 11) is 0. The minimum absolute atomic E-state index is 0.126. The van der Waals surface area contributed by atoms with Crippen LogP contribution >= 0.6 is 0 Å². The predicted molar refractivity (Wildman–Crippen MR) is 177 cm³/mol. The topological polar surface area (TPSA) is 199 Å². The lowest BCUT2D eigenvalue weighted by molar-refractivity contribution is -0.134. The highest BCUT2D eigenvalue weighted by molar-refractivity contribution is 6.07. The van der Waals surface area contributed by atoms with Crippen LogP contribution in [0.15, 0.2) is 108 Å². The van der Waals surface area contributed by atoms with Gasteiger partial charge in [-0.3, -0.25) is 14.6 Å². The van der Waals surface area contributed by atoms with Gasteiger partial charge < -0.3 is 24.9 Å². The largest absolute Gasteiger partial charge is 0.478 e. The van der Waals surface area contributed by atoms with Gasteiger partial charge in [0, 0.05) is 62.1 Å². The number of ketones is 1. The van der Waals surface area contributed by atoms with Gasteiger partial charge in [0.05, 0.1) is 12.6 Å². The summed E-state index contributed by atoms with van der Waals surface area (Å²) < 4.78 is 45.6. The van der Waals surface area contributed by atoms with Gasteiger partial charge in [0.15, 0.2) is 11.5 Å². The van der Waals surface area contributed by atoms with Crippen molar-refractivity contribution >= 4 is 29.7 Å². The fourth-order valence-corrected chi connectivity index (χ4v) is 4.83. The molecule has 3 aromatic carbocycles. The number of hydrogen-bond acceptors (Lipinski definition) is 9. The monoisotopic (exact) mass is 723 g/mol. The molecule has 1 aromatic heterocycles. The summed E-state index contributed by atoms with van der Waals surface area (Å²) in [5.41, 5.74) is 2.41. The van der Waals surface area contributed by atoms with Gasteiger partial charge in [-0.1, -0.05) is 29.4 Å². The predicted octanol–water partition coefficient (Wildman–Crippen LogP) is 4.65. The van der Waals surface area contributed by atoms with Crippen molar-refractivity contribution in [2.24, 2.45) is 0 Å². The molecule has 1 aliphatic rings. The van der Waals surface area contributed by atoms with E-state index in [1.807, 2.05) is 0 Å². The molecular weight excluding hydrogens is 691 g/mol. The SMILES string of the molecule is O=C(O)/C=C\C(=O)O.O=C(O)/C=C\C(=O)O.O=C(c1ccc(F)cc1)c1cc(CN2CCN(C(c3ccc(F)cc3)c3ccc(F)cc3)CC2)on1. The number of halogens is 3. The molecule has 0 unspecified atom stereocenters. The van der Waals surface area contributed by atoms with E-state index in [2.05, 4.69) is 15.0 Å². The van der Waals surface area contributed by atoms with Gasteiger partial charge in [-0.05, 0) is 59.7 Å². The number of aromatic nitrogens is 1. The number of carboxylic acids is 4. The number of benzene rings is 3. The van der Waals surface area contributed by atoms with Gasteiger partial charge in [0.25, 0.3) is 0 Å². The lowest BCUT2D eigenvalue weighted by atomic mass is 9.96. The van der Waals surface area contributed by atoms with Crippen LogP contribution < -0.4 is 0 Å². The summed E-state index contributed by atoms with van der Waals surface area (Å²) in [6.07, 6.45) is 2.23. The van der Waals surface area contributed by atoms with Crippen LogP contribution in [0.2, 0.25) is 0 Å². The van der Waals surface area contributed by atoms with Crippen LogP contribution in [0.5, 0.6) is 0 Å². The molecule has 4 aromatic rings. The first kappa shape index (κ1) is 40.0. The normalized spacial score (nSPS) is 13.2. The van der Waals surface area contributed by atoms with Crippen molar-refractivity contribution in [3.05, 3.63) is 149 Å². The zero-order valence-corrected chi connectivity index (χ0v) is 27.1. The van der Waals surface area contributed by atoms with Crippen LogP contribution in [0.1, 0.15) is 39.0 Å². The van der Waals surface area contributed by atoms with Gasteiger partial charge in [-0.15, -0.1) is 0 Å². The second-order valence-electron chi connectivity index (χ2n) is 10.9. The van der Waals surface area contributed by atoms with Gasteiger partial charge in [-0.25, -0.2) is 32.3 Å². The summed E-state index contributed by atoms with van der Waals surface area (Å²) in [5, 5.41) is 35.1. The third-order valence-electron chi connectivity index (χ3n) is 7.16. The Morgan fingerprint density at radius 1 is 0.635 bits per heavy atom. The molecule has 272 valence electrons. The van der Waals surface area contributed by atoms with Crippen LogP contribution in [0, 0.1) is 17.5 Å². The summed E-state index contributed by atoms with van der Waals surface area (Å²) >= 11 is 0. The maximum Gasteiger partial charge on any atom is 0.328 e. The van der Waals surface area contributed by atoms with Crippen molar-refractivity contribution in [3.8, 4) is 0 Å². The van der Waals surface area contributed by atoms with Crippen LogP contribution in [0.3, 0.4) is 0 Å². The number of hydrogen-bond donors (Lipinski definition) is 4. The van der Waals surface area contributed by atoms with E-state index in [1.165, 1.54) is 48.5 Å². The molecule has 16 heteroatoms. The zero-order chi connectivity index (χ0) is 38.2. The van der Waals surface area contributed by atoms with Crippen molar-refractivity contribution < 1.29 is 62.1 Å². The lowest BCUT2D eigenvalue weighted by Crippen LogP contribution is -2.47. The smallest absolute Gasteiger partial charge is 0.328 e. The van der Waals surface area contributed by atoms with E-state index in [-0.39, 0.29) is 29.2 Å². The Kier molecular flexibility index (Phi) is 15.2. The zero-order valence-electron chi connectivity index (χ0n) is 27.1. The fraction of sp³-hybridized carbons (Fsp3) is 0.167. The molecule has 1 saturated heterocycles. The molecule has 0 aliphatic carbocycles. The molecule has 52 heavy (non-hydrogen) atoms. The Balaban J connectivity index is 0.000000380. The van der Waals surface area contributed by atoms with E-state index >= 15 is 0 Å². The Morgan fingerprint density at radius 3 is 1.40 bits per heavy atom. The van der Waals surface area contributed by atoms with Gasteiger partial charge >= 0.3 is 23.9 Å². The third-order valence-corrected chi connectivity index (χ3v) is 7.16. The first-order valence-electron chi connectivity index (χ1n) is 15.2. The molecule has 1 fully saturated rings. The Hall–Kier alpha value is -6.39. The highest BCUT2D eigenvalue weighted by Gasteiger charge is 2.27. The molecule has 0 radical (unpaired) electrons. The van der Waals surface area contributed by atoms with E-state index in [1.54, 1.807) is 30.3 Å². The Morgan fingerprint density at radius 2 is 1.02 bits per heavy atom. The van der Waals surface area contributed by atoms with Crippen molar-refractivity contribution in [2.75, 3.05) is 26.2 Å². The summed E-state index contributed by atoms with van der Waals surface area (Å²) in [6, 6.07) is 19.6. The van der Waals surface area contributed by atoms with E-state index < -0.39 is 29.7 Å². The highest BCUT2D eigenvalue weighted by atomic mass is 19.1. The maximum absolute atomic E-state index is 13.6. The van der Waals surface area contributed by atoms with Crippen LogP contribution in [-0.4, -0.2) is 91.2 Å². The summed E-state index contributed by atoms with van der Waals surface area (Å²) in [6.45, 7) is 3.43. The molecule has 0 amide bonds. The second-order valence-corrected chi connectivity index (χ2v) is 10.9. The number of rotatable bonds is 11. The minimum Gasteiger partial charge on any atom is -0.478 e. The molecule has 4 N–H and O–H groups in total. The standard InChI is InChI=1S/C28H24F3N3O2.2C4H4O4/c29-22-7-1-19(2-8-22)27(20-3-9-23(30)10-4-20)34-15-13-33(14-16-34)18-25-17-26(32-36-25)28(35)21-5-11-24(31)12-6-21;2*5-3(6)1-2-4(7)8/h1-12,17,27H,13-16,18H2;2*1-2H,(H,5,6)(H,7,8)/b;2*2-1-. The average Bonchev–Trinajstić information content (AvgIpc) is 3.58. The first-order chi connectivity index (χ1) is 24.7. The summed E-state index contributed by atoms with van der Waals surface area (Å²) in [4.78, 5) is 55.3.